The number of carbonyl (C=O) groups is 3. The number of hydrogen-bond acceptors (Lipinski definition) is 9. The van der Waals surface area contributed by atoms with Crippen LogP contribution in [0.25, 0.3) is 5.76 Å². The van der Waals surface area contributed by atoms with Crippen molar-refractivity contribution in [2.75, 3.05) is 32.1 Å². The second-order valence-corrected chi connectivity index (χ2v) is 12.7. The fourth-order valence-electron chi connectivity index (χ4n) is 8.97. The molecular formula is C31H39N3O7. The normalized spacial score (nSPS) is 33.0. The number of primary amides is 1. The summed E-state index contributed by atoms with van der Waals surface area (Å²) in [6, 6.07) is 1.81. The number of benzene rings is 1. The molecule has 0 aromatic heterocycles. The van der Waals surface area contributed by atoms with Crippen molar-refractivity contribution in [3.05, 3.63) is 39.7 Å². The highest BCUT2D eigenvalue weighted by Gasteiger charge is 2.64. The molecule has 10 nitrogen and oxygen atoms in total. The SMILES string of the molecule is CCC(CC)[C@@H]1C(=O)C(C(N)=O)=C(O)[C@@]2(O)C(=O)C3=C(O)c4c(O)cc5c(c4C[C@H]3C[C@@H]12)N(C)CC1CCN(C)C51. The molecule has 1 saturated carbocycles. The van der Waals surface area contributed by atoms with Crippen LogP contribution in [-0.2, 0) is 20.8 Å². The average Bonchev–Trinajstić information content (AvgIpc) is 3.28. The van der Waals surface area contributed by atoms with E-state index in [0.717, 1.165) is 36.3 Å². The Kier molecular flexibility index (Phi) is 6.32. The first-order valence-corrected chi connectivity index (χ1v) is 14.7. The number of phenolic OH excluding ortho intramolecular Hbond substituents is 1. The van der Waals surface area contributed by atoms with Gasteiger partial charge < -0.3 is 31.1 Å². The summed E-state index contributed by atoms with van der Waals surface area (Å²) in [4.78, 5) is 44.6. The van der Waals surface area contributed by atoms with Crippen LogP contribution in [0.15, 0.2) is 23.0 Å². The smallest absolute Gasteiger partial charge is 0.255 e. The molecule has 2 unspecified atom stereocenters. The van der Waals surface area contributed by atoms with E-state index in [2.05, 4.69) is 16.8 Å². The zero-order valence-corrected chi connectivity index (χ0v) is 24.0. The average molecular weight is 566 g/mol. The van der Waals surface area contributed by atoms with E-state index in [1.54, 1.807) is 6.07 Å². The first kappa shape index (κ1) is 27.8. The van der Waals surface area contributed by atoms with E-state index in [-0.39, 0.29) is 35.3 Å². The summed E-state index contributed by atoms with van der Waals surface area (Å²) in [7, 11) is 4.08. The maximum atomic E-state index is 14.2. The van der Waals surface area contributed by atoms with Crippen LogP contribution in [0.5, 0.6) is 5.75 Å². The number of likely N-dealkylation sites (tertiary alicyclic amines) is 1. The fourth-order valence-corrected chi connectivity index (χ4v) is 8.97. The Morgan fingerprint density at radius 1 is 1.17 bits per heavy atom. The predicted octanol–water partition coefficient (Wildman–Crippen LogP) is 2.53. The topological polar surface area (TPSA) is 165 Å². The van der Waals surface area contributed by atoms with Crippen LogP contribution in [-0.4, -0.2) is 75.6 Å². The highest BCUT2D eigenvalue weighted by Crippen LogP contribution is 2.58. The summed E-state index contributed by atoms with van der Waals surface area (Å²) in [6.07, 6.45) is 2.61. The third kappa shape index (κ3) is 3.53. The Bertz CT molecular complexity index is 1440. The summed E-state index contributed by atoms with van der Waals surface area (Å²) >= 11 is 0. The molecule has 1 aromatic carbocycles. The Morgan fingerprint density at radius 2 is 1.85 bits per heavy atom. The van der Waals surface area contributed by atoms with Crippen LogP contribution in [0.1, 0.15) is 62.3 Å². The molecule has 6 N–H and O–H groups in total. The maximum Gasteiger partial charge on any atom is 0.255 e. The molecule has 1 saturated heterocycles. The van der Waals surface area contributed by atoms with E-state index in [1.807, 2.05) is 20.9 Å². The Morgan fingerprint density at radius 3 is 2.49 bits per heavy atom. The molecule has 220 valence electrons. The quantitative estimate of drug-likeness (QED) is 0.345. The molecular weight excluding hydrogens is 526 g/mol. The molecule has 3 aliphatic carbocycles. The molecule has 6 rings (SSSR count). The van der Waals surface area contributed by atoms with Gasteiger partial charge in [-0.2, -0.15) is 0 Å². The molecule has 10 heteroatoms. The van der Waals surface area contributed by atoms with Gasteiger partial charge in [0.1, 0.15) is 22.8 Å². The summed E-state index contributed by atoms with van der Waals surface area (Å²) < 4.78 is 0. The van der Waals surface area contributed by atoms with Gasteiger partial charge in [-0.05, 0) is 67.8 Å². The molecule has 2 fully saturated rings. The van der Waals surface area contributed by atoms with Gasteiger partial charge in [-0.15, -0.1) is 0 Å². The lowest BCUT2D eigenvalue weighted by Gasteiger charge is -2.51. The highest BCUT2D eigenvalue weighted by molar-refractivity contribution is 6.23. The molecule has 0 radical (unpaired) electrons. The van der Waals surface area contributed by atoms with Crippen molar-refractivity contribution in [3.63, 3.8) is 0 Å². The van der Waals surface area contributed by atoms with E-state index in [0.29, 0.717) is 25.2 Å². The number of Topliss-reactive ketones (excluding diaryl/α,β-unsaturated/α-hetero) is 2. The predicted molar refractivity (Wildman–Crippen MR) is 151 cm³/mol. The minimum absolute atomic E-state index is 0.103. The van der Waals surface area contributed by atoms with Crippen molar-refractivity contribution in [2.45, 2.75) is 57.6 Å². The lowest BCUT2D eigenvalue weighted by molar-refractivity contribution is -0.155. The van der Waals surface area contributed by atoms with Crippen molar-refractivity contribution in [1.82, 2.24) is 4.90 Å². The van der Waals surface area contributed by atoms with Gasteiger partial charge in [-0.25, -0.2) is 0 Å². The fraction of sp³-hybridized carbons (Fsp3) is 0.581. The molecule has 6 atom stereocenters. The number of aromatic hydroxyl groups is 1. The summed E-state index contributed by atoms with van der Waals surface area (Å²) in [5.41, 5.74) is 4.85. The number of anilines is 1. The van der Waals surface area contributed by atoms with Crippen LogP contribution in [0.2, 0.25) is 0 Å². The van der Waals surface area contributed by atoms with Crippen LogP contribution in [0.4, 0.5) is 5.69 Å². The molecule has 0 bridgehead atoms. The number of nitrogens with zero attached hydrogens (tertiary/aromatic N) is 2. The molecule has 1 amide bonds. The number of nitrogens with two attached hydrogens (primary N) is 1. The zero-order valence-electron chi connectivity index (χ0n) is 24.0. The number of aliphatic hydroxyl groups is 3. The first-order valence-electron chi connectivity index (χ1n) is 14.7. The van der Waals surface area contributed by atoms with Gasteiger partial charge in [0.05, 0.1) is 5.56 Å². The standard InChI is InChI=1S/C31H39N3O7/c1-5-13(6-2)20-18-10-15-9-16-22(19(35)11-17-24-14(7-8-33(24)3)12-34(4)25(16)17)27(37)21(15)28(38)31(18,41)29(39)23(26(20)36)30(32)40/h11,13-15,18,20,24,35,37,39,41H,5-10,12H2,1-4H3,(H2,32,40)/t14?,15-,18-,20-,24?,31-/m0/s1. The van der Waals surface area contributed by atoms with Crippen LogP contribution < -0.4 is 10.6 Å². The van der Waals surface area contributed by atoms with Gasteiger partial charge in [-0.1, -0.05) is 26.7 Å². The highest BCUT2D eigenvalue weighted by atomic mass is 16.3. The van der Waals surface area contributed by atoms with Crippen molar-refractivity contribution in [1.29, 1.82) is 0 Å². The largest absolute Gasteiger partial charge is 0.508 e. The second kappa shape index (κ2) is 9.32. The van der Waals surface area contributed by atoms with Crippen molar-refractivity contribution < 1.29 is 34.8 Å². The van der Waals surface area contributed by atoms with E-state index in [9.17, 15) is 34.8 Å². The van der Waals surface area contributed by atoms with E-state index >= 15 is 0 Å². The van der Waals surface area contributed by atoms with E-state index < -0.39 is 57.9 Å². The van der Waals surface area contributed by atoms with Crippen LogP contribution in [0.3, 0.4) is 0 Å². The number of phenols is 1. The molecule has 1 aromatic rings. The van der Waals surface area contributed by atoms with Gasteiger partial charge in [0.2, 0.25) is 5.78 Å². The van der Waals surface area contributed by atoms with Crippen molar-refractivity contribution >= 4 is 28.9 Å². The number of aliphatic hydroxyl groups excluding tert-OH is 2. The van der Waals surface area contributed by atoms with Gasteiger partial charge in [0.25, 0.3) is 5.91 Å². The Hall–Kier alpha value is -3.37. The van der Waals surface area contributed by atoms with Gasteiger partial charge in [0.15, 0.2) is 11.4 Å². The summed E-state index contributed by atoms with van der Waals surface area (Å²) in [6.45, 7) is 5.57. The number of rotatable bonds is 4. The number of hydrogen-bond donors (Lipinski definition) is 5. The third-order valence-corrected chi connectivity index (χ3v) is 10.8. The number of ketones is 2. The van der Waals surface area contributed by atoms with Crippen LogP contribution >= 0.6 is 0 Å². The Balaban J connectivity index is 1.56. The lowest BCUT2D eigenvalue weighted by Crippen LogP contribution is -2.62. The molecule has 0 spiro atoms. The molecule has 2 aliphatic heterocycles. The van der Waals surface area contributed by atoms with Crippen molar-refractivity contribution in [3.8, 4) is 5.75 Å². The number of amides is 1. The minimum Gasteiger partial charge on any atom is -0.508 e. The third-order valence-electron chi connectivity index (χ3n) is 10.8. The van der Waals surface area contributed by atoms with Crippen LogP contribution in [0, 0.1) is 29.6 Å². The lowest BCUT2D eigenvalue weighted by atomic mass is 9.53. The summed E-state index contributed by atoms with van der Waals surface area (Å²) in [5.74, 6) is -6.77. The molecule has 41 heavy (non-hydrogen) atoms. The van der Waals surface area contributed by atoms with Crippen molar-refractivity contribution in [2.24, 2.45) is 35.3 Å². The molecule has 5 aliphatic rings. The minimum atomic E-state index is -2.59. The molecule has 2 heterocycles. The Labute approximate surface area is 239 Å². The number of carbonyl (C=O) groups excluding carboxylic acids is 3. The van der Waals surface area contributed by atoms with Gasteiger partial charge in [0, 0.05) is 42.7 Å². The van der Waals surface area contributed by atoms with Gasteiger partial charge in [-0.3, -0.25) is 19.3 Å². The second-order valence-electron chi connectivity index (χ2n) is 12.7. The van der Waals surface area contributed by atoms with Gasteiger partial charge >= 0.3 is 0 Å². The zero-order chi connectivity index (χ0) is 29.7. The van der Waals surface area contributed by atoms with E-state index in [4.69, 9.17) is 5.73 Å². The maximum absolute atomic E-state index is 14.2. The monoisotopic (exact) mass is 565 g/mol. The summed E-state index contributed by atoms with van der Waals surface area (Å²) in [5, 5.41) is 46.0. The van der Waals surface area contributed by atoms with E-state index in [1.165, 1.54) is 0 Å². The number of fused-ring (bicyclic) bond motifs is 7. The first-order chi connectivity index (χ1) is 19.4.